The Kier molecular flexibility index (Phi) is 5.70. The zero-order valence-electron chi connectivity index (χ0n) is 19.0. The Hall–Kier alpha value is -3.66. The number of carbonyl (C=O) groups excluding carboxylic acids is 1. The molecule has 32 heavy (non-hydrogen) atoms. The van der Waals surface area contributed by atoms with Gasteiger partial charge in [0.2, 0.25) is 0 Å². The first-order valence-corrected chi connectivity index (χ1v) is 10.8. The zero-order valence-corrected chi connectivity index (χ0v) is 19.0. The molecule has 0 radical (unpaired) electrons. The van der Waals surface area contributed by atoms with Gasteiger partial charge in [-0.05, 0) is 59.2 Å². The number of hydrogen-bond donors (Lipinski definition) is 1. The summed E-state index contributed by atoms with van der Waals surface area (Å²) in [5, 5.41) is 0.939. The maximum Gasteiger partial charge on any atom is 0.258 e. The maximum absolute atomic E-state index is 13.7. The van der Waals surface area contributed by atoms with E-state index < -0.39 is 0 Å². The summed E-state index contributed by atoms with van der Waals surface area (Å²) in [5.74, 6) is -0.132. The Morgan fingerprint density at radius 2 is 1.56 bits per heavy atom. The Labute approximate surface area is 188 Å². The van der Waals surface area contributed by atoms with Gasteiger partial charge in [0.1, 0.15) is 0 Å². The second-order valence-electron chi connectivity index (χ2n) is 9.22. The highest BCUT2D eigenvalue weighted by atomic mass is 16.2. The largest absolute Gasteiger partial charge is 0.322 e. The van der Waals surface area contributed by atoms with E-state index in [1.165, 1.54) is 5.56 Å². The van der Waals surface area contributed by atoms with E-state index in [2.05, 4.69) is 25.8 Å². The molecule has 0 spiro atoms. The summed E-state index contributed by atoms with van der Waals surface area (Å²) in [4.78, 5) is 31.1. The number of anilines is 1. The molecule has 1 aromatic heterocycles. The third kappa shape index (κ3) is 4.35. The second-order valence-corrected chi connectivity index (χ2v) is 9.22. The number of H-pyrrole nitrogens is 1. The lowest BCUT2D eigenvalue weighted by atomic mass is 9.86. The highest BCUT2D eigenvalue weighted by Crippen LogP contribution is 2.26. The van der Waals surface area contributed by atoms with Crippen molar-refractivity contribution in [3.63, 3.8) is 0 Å². The van der Waals surface area contributed by atoms with Crippen LogP contribution in [0, 0.1) is 6.92 Å². The minimum absolute atomic E-state index is 0.00959. The van der Waals surface area contributed by atoms with Gasteiger partial charge in [-0.1, -0.05) is 69.3 Å². The van der Waals surface area contributed by atoms with E-state index in [9.17, 15) is 9.59 Å². The normalized spacial score (nSPS) is 11.5. The van der Waals surface area contributed by atoms with Crippen molar-refractivity contribution in [3.05, 3.63) is 111 Å². The van der Waals surface area contributed by atoms with Crippen molar-refractivity contribution in [2.75, 3.05) is 4.90 Å². The van der Waals surface area contributed by atoms with Crippen LogP contribution < -0.4 is 10.5 Å². The first-order chi connectivity index (χ1) is 15.2. The number of aromatic nitrogens is 1. The number of rotatable bonds is 4. The highest BCUT2D eigenvalue weighted by molar-refractivity contribution is 6.06. The molecule has 0 aliphatic rings. The number of fused-ring (bicyclic) bond motifs is 1. The van der Waals surface area contributed by atoms with E-state index in [0.717, 1.165) is 22.2 Å². The van der Waals surface area contributed by atoms with Gasteiger partial charge < -0.3 is 9.88 Å². The fourth-order valence-corrected chi connectivity index (χ4v) is 3.88. The maximum atomic E-state index is 13.7. The number of amides is 1. The lowest BCUT2D eigenvalue weighted by molar-refractivity contribution is 0.0985. The Bertz CT molecular complexity index is 1330. The van der Waals surface area contributed by atoms with Crippen molar-refractivity contribution in [2.24, 2.45) is 0 Å². The van der Waals surface area contributed by atoms with Crippen molar-refractivity contribution in [3.8, 4) is 0 Å². The molecule has 0 atom stereocenters. The van der Waals surface area contributed by atoms with Gasteiger partial charge in [-0.3, -0.25) is 9.59 Å². The number of aryl methyl sites for hydroxylation is 1. The first kappa shape index (κ1) is 21.6. The molecule has 0 aliphatic heterocycles. The smallest absolute Gasteiger partial charge is 0.258 e. The number of aromatic amines is 1. The number of carbonyl (C=O) groups is 1. The van der Waals surface area contributed by atoms with E-state index in [1.54, 1.807) is 4.90 Å². The SMILES string of the molecule is Cc1ccccc1N(Cc1cc2ccccc2[nH]c1=O)C(=O)c1ccc(C(C)(C)C)cc1. The Morgan fingerprint density at radius 3 is 2.25 bits per heavy atom. The van der Waals surface area contributed by atoms with Gasteiger partial charge in [0, 0.05) is 22.3 Å². The lowest BCUT2D eigenvalue weighted by Gasteiger charge is -2.25. The van der Waals surface area contributed by atoms with Crippen LogP contribution in [0.15, 0.2) is 83.7 Å². The lowest BCUT2D eigenvalue weighted by Crippen LogP contribution is -2.33. The van der Waals surface area contributed by atoms with Gasteiger partial charge in [-0.2, -0.15) is 0 Å². The molecule has 1 amide bonds. The minimum Gasteiger partial charge on any atom is -0.322 e. The van der Waals surface area contributed by atoms with Crippen LogP contribution in [0.3, 0.4) is 0 Å². The monoisotopic (exact) mass is 424 g/mol. The molecular formula is C28H28N2O2. The summed E-state index contributed by atoms with van der Waals surface area (Å²) < 4.78 is 0. The fourth-order valence-electron chi connectivity index (χ4n) is 3.88. The summed E-state index contributed by atoms with van der Waals surface area (Å²) in [6, 6.07) is 25.0. The number of nitrogens with zero attached hydrogens (tertiary/aromatic N) is 1. The Balaban J connectivity index is 1.76. The van der Waals surface area contributed by atoms with Gasteiger partial charge in [0.15, 0.2) is 0 Å². The van der Waals surface area contributed by atoms with Crippen LogP contribution in [0.2, 0.25) is 0 Å². The van der Waals surface area contributed by atoms with Crippen LogP contribution >= 0.6 is 0 Å². The predicted octanol–water partition coefficient (Wildman–Crippen LogP) is 5.98. The summed E-state index contributed by atoms with van der Waals surface area (Å²) in [6.07, 6.45) is 0. The average molecular weight is 425 g/mol. The molecule has 4 rings (SSSR count). The topological polar surface area (TPSA) is 53.2 Å². The molecule has 1 heterocycles. The fraction of sp³-hybridized carbons (Fsp3) is 0.214. The molecule has 1 N–H and O–H groups in total. The zero-order chi connectivity index (χ0) is 22.9. The molecule has 0 fully saturated rings. The number of benzene rings is 3. The van der Waals surface area contributed by atoms with Gasteiger partial charge in [-0.25, -0.2) is 0 Å². The molecule has 0 unspecified atom stereocenters. The molecule has 162 valence electrons. The van der Waals surface area contributed by atoms with E-state index in [4.69, 9.17) is 0 Å². The molecule has 4 heteroatoms. The summed E-state index contributed by atoms with van der Waals surface area (Å²) in [6.45, 7) is 8.61. The molecule has 4 nitrogen and oxygen atoms in total. The summed E-state index contributed by atoms with van der Waals surface area (Å²) in [5.41, 5.74) is 4.70. The van der Waals surface area contributed by atoms with Gasteiger partial charge >= 0.3 is 0 Å². The number of para-hydroxylation sites is 2. The van der Waals surface area contributed by atoms with Crippen LogP contribution in [0.5, 0.6) is 0 Å². The van der Waals surface area contributed by atoms with Gasteiger partial charge in [0.25, 0.3) is 11.5 Å². The molecule has 0 saturated heterocycles. The van der Waals surface area contributed by atoms with Crippen molar-refractivity contribution in [2.45, 2.75) is 39.7 Å². The molecule has 0 saturated carbocycles. The molecule has 0 bridgehead atoms. The summed E-state index contributed by atoms with van der Waals surface area (Å²) in [7, 11) is 0. The number of pyridine rings is 1. The van der Waals surface area contributed by atoms with Crippen LogP contribution in [-0.2, 0) is 12.0 Å². The van der Waals surface area contributed by atoms with E-state index in [1.807, 2.05) is 85.8 Å². The second kappa shape index (κ2) is 8.46. The van der Waals surface area contributed by atoms with Crippen molar-refractivity contribution in [1.82, 2.24) is 4.98 Å². The standard InChI is InChI=1S/C28H28N2O2/c1-19-9-5-8-12-25(19)30(27(32)20-13-15-23(16-14-20)28(2,3)4)18-22-17-21-10-6-7-11-24(21)29-26(22)31/h5-17H,18H2,1-4H3,(H,29,31). The van der Waals surface area contributed by atoms with E-state index >= 15 is 0 Å². The third-order valence-electron chi connectivity index (χ3n) is 5.81. The van der Waals surface area contributed by atoms with Crippen molar-refractivity contribution in [1.29, 1.82) is 0 Å². The van der Waals surface area contributed by atoms with Crippen LogP contribution in [0.1, 0.15) is 47.8 Å². The summed E-state index contributed by atoms with van der Waals surface area (Å²) >= 11 is 0. The molecular weight excluding hydrogens is 396 g/mol. The quantitative estimate of drug-likeness (QED) is 0.438. The first-order valence-electron chi connectivity index (χ1n) is 10.8. The molecule has 0 aliphatic carbocycles. The van der Waals surface area contributed by atoms with Crippen LogP contribution in [0.25, 0.3) is 10.9 Å². The van der Waals surface area contributed by atoms with Crippen LogP contribution in [0.4, 0.5) is 5.69 Å². The number of nitrogens with one attached hydrogen (secondary N) is 1. The number of hydrogen-bond acceptors (Lipinski definition) is 2. The minimum atomic E-state index is -0.182. The average Bonchev–Trinajstić information content (AvgIpc) is 2.77. The van der Waals surface area contributed by atoms with Crippen LogP contribution in [-0.4, -0.2) is 10.9 Å². The van der Waals surface area contributed by atoms with Crippen molar-refractivity contribution < 1.29 is 4.79 Å². The third-order valence-corrected chi connectivity index (χ3v) is 5.81. The Morgan fingerprint density at radius 1 is 0.906 bits per heavy atom. The van der Waals surface area contributed by atoms with Gasteiger partial charge in [-0.15, -0.1) is 0 Å². The molecule has 4 aromatic rings. The van der Waals surface area contributed by atoms with Crippen molar-refractivity contribution >= 4 is 22.5 Å². The van der Waals surface area contributed by atoms with E-state index in [0.29, 0.717) is 11.1 Å². The predicted molar refractivity (Wildman–Crippen MR) is 131 cm³/mol. The molecule has 3 aromatic carbocycles. The van der Waals surface area contributed by atoms with E-state index in [-0.39, 0.29) is 23.4 Å². The van der Waals surface area contributed by atoms with Gasteiger partial charge in [0.05, 0.1) is 6.54 Å². The highest BCUT2D eigenvalue weighted by Gasteiger charge is 2.22.